The molecule has 0 aliphatic rings. The number of carbonyl (C=O) groups is 1. The summed E-state index contributed by atoms with van der Waals surface area (Å²) in [7, 11) is 0. The van der Waals surface area contributed by atoms with E-state index in [1.54, 1.807) is 18.2 Å². The first kappa shape index (κ1) is 17.6. The molecule has 0 spiro atoms. The molecule has 19 heavy (non-hydrogen) atoms. The molecule has 1 unspecified atom stereocenters. The summed E-state index contributed by atoms with van der Waals surface area (Å²) < 4.78 is 29.0. The number of carbonyl (C=O) groups excluding carboxylic acids is 1. The smallest absolute Gasteiger partial charge is 0.387 e. The molecule has 7 heteroatoms. The SMILES string of the molecule is CCC(NC(=O)CN)c1ccccc1OC(F)F.Cl. The number of benzene rings is 1. The summed E-state index contributed by atoms with van der Waals surface area (Å²) in [6, 6.07) is 5.99. The van der Waals surface area contributed by atoms with Crippen LogP contribution in [0.4, 0.5) is 8.78 Å². The average molecular weight is 295 g/mol. The lowest BCUT2D eigenvalue weighted by atomic mass is 10.0. The van der Waals surface area contributed by atoms with Crippen LogP contribution >= 0.6 is 12.4 Å². The van der Waals surface area contributed by atoms with Crippen LogP contribution in [0.15, 0.2) is 24.3 Å². The fraction of sp³-hybridized carbons (Fsp3) is 0.417. The summed E-state index contributed by atoms with van der Waals surface area (Å²) in [4.78, 5) is 11.3. The number of nitrogens with one attached hydrogen (secondary N) is 1. The maximum absolute atomic E-state index is 12.3. The molecule has 1 atom stereocenters. The topological polar surface area (TPSA) is 64.4 Å². The van der Waals surface area contributed by atoms with Gasteiger partial charge in [-0.05, 0) is 12.5 Å². The summed E-state index contributed by atoms with van der Waals surface area (Å²) in [5.41, 5.74) is 5.72. The summed E-state index contributed by atoms with van der Waals surface area (Å²) >= 11 is 0. The van der Waals surface area contributed by atoms with Gasteiger partial charge in [0.15, 0.2) is 0 Å². The van der Waals surface area contributed by atoms with E-state index in [0.29, 0.717) is 12.0 Å². The van der Waals surface area contributed by atoms with Crippen LogP contribution in [0, 0.1) is 0 Å². The molecule has 0 fully saturated rings. The Labute approximate surface area is 116 Å². The van der Waals surface area contributed by atoms with E-state index >= 15 is 0 Å². The van der Waals surface area contributed by atoms with Gasteiger partial charge in [0.1, 0.15) is 5.75 Å². The summed E-state index contributed by atoms with van der Waals surface area (Å²) in [6.45, 7) is -1.21. The van der Waals surface area contributed by atoms with Gasteiger partial charge in [-0.1, -0.05) is 25.1 Å². The Kier molecular flexibility index (Phi) is 8.02. The zero-order valence-corrected chi connectivity index (χ0v) is 11.3. The Morgan fingerprint density at radius 3 is 2.58 bits per heavy atom. The first-order valence-electron chi connectivity index (χ1n) is 5.61. The minimum absolute atomic E-state index is 0. The minimum atomic E-state index is -2.89. The second-order valence-corrected chi connectivity index (χ2v) is 3.65. The highest BCUT2D eigenvalue weighted by Crippen LogP contribution is 2.28. The van der Waals surface area contributed by atoms with Crippen molar-refractivity contribution in [2.75, 3.05) is 6.54 Å². The second-order valence-electron chi connectivity index (χ2n) is 3.65. The predicted octanol–water partition coefficient (Wildman–Crippen LogP) is 2.24. The van der Waals surface area contributed by atoms with Crippen molar-refractivity contribution < 1.29 is 18.3 Å². The molecule has 108 valence electrons. The molecule has 0 radical (unpaired) electrons. The highest BCUT2D eigenvalue weighted by Gasteiger charge is 2.17. The number of para-hydroxylation sites is 1. The highest BCUT2D eigenvalue weighted by atomic mass is 35.5. The molecule has 0 saturated carbocycles. The van der Waals surface area contributed by atoms with Crippen molar-refractivity contribution >= 4 is 18.3 Å². The molecule has 4 nitrogen and oxygen atoms in total. The number of nitrogens with two attached hydrogens (primary N) is 1. The van der Waals surface area contributed by atoms with Crippen LogP contribution in [-0.2, 0) is 4.79 Å². The van der Waals surface area contributed by atoms with Crippen molar-refractivity contribution in [2.24, 2.45) is 5.73 Å². The van der Waals surface area contributed by atoms with Crippen molar-refractivity contribution in [3.63, 3.8) is 0 Å². The molecule has 0 bridgehead atoms. The van der Waals surface area contributed by atoms with Gasteiger partial charge in [0.25, 0.3) is 0 Å². The zero-order chi connectivity index (χ0) is 13.5. The maximum Gasteiger partial charge on any atom is 0.387 e. The minimum Gasteiger partial charge on any atom is -0.434 e. The van der Waals surface area contributed by atoms with E-state index in [9.17, 15) is 13.6 Å². The van der Waals surface area contributed by atoms with Crippen LogP contribution in [0.25, 0.3) is 0 Å². The third kappa shape index (κ3) is 5.40. The average Bonchev–Trinajstić information content (AvgIpc) is 2.36. The van der Waals surface area contributed by atoms with Gasteiger partial charge >= 0.3 is 6.61 Å². The van der Waals surface area contributed by atoms with E-state index in [-0.39, 0.29) is 30.6 Å². The maximum atomic E-state index is 12.3. The van der Waals surface area contributed by atoms with Crippen molar-refractivity contribution in [3.05, 3.63) is 29.8 Å². The van der Waals surface area contributed by atoms with Crippen molar-refractivity contribution in [3.8, 4) is 5.75 Å². The zero-order valence-electron chi connectivity index (χ0n) is 10.4. The fourth-order valence-corrected chi connectivity index (χ4v) is 1.62. The molecule has 0 aliphatic heterocycles. The number of ether oxygens (including phenoxy) is 1. The quantitative estimate of drug-likeness (QED) is 0.846. The Morgan fingerprint density at radius 1 is 1.42 bits per heavy atom. The Bertz CT molecular complexity index is 405. The second kappa shape index (κ2) is 8.66. The van der Waals surface area contributed by atoms with Gasteiger partial charge in [-0.25, -0.2) is 0 Å². The first-order chi connectivity index (χ1) is 8.58. The number of hydrogen-bond donors (Lipinski definition) is 2. The number of halogens is 3. The van der Waals surface area contributed by atoms with E-state index in [2.05, 4.69) is 10.1 Å². The predicted molar refractivity (Wildman–Crippen MR) is 70.6 cm³/mol. The van der Waals surface area contributed by atoms with Crippen LogP contribution in [-0.4, -0.2) is 19.1 Å². The van der Waals surface area contributed by atoms with E-state index < -0.39 is 12.7 Å². The third-order valence-electron chi connectivity index (χ3n) is 2.44. The van der Waals surface area contributed by atoms with Gasteiger partial charge in [0.05, 0.1) is 12.6 Å². The van der Waals surface area contributed by atoms with Crippen molar-refractivity contribution in [1.29, 1.82) is 0 Å². The summed E-state index contributed by atoms with van der Waals surface area (Å²) in [5.74, 6) is -0.273. The normalized spacial score (nSPS) is 11.6. The molecule has 0 saturated heterocycles. The molecule has 1 rings (SSSR count). The fourth-order valence-electron chi connectivity index (χ4n) is 1.62. The number of rotatable bonds is 6. The van der Waals surface area contributed by atoms with Gasteiger partial charge in [-0.15, -0.1) is 12.4 Å². The molecule has 0 aliphatic carbocycles. The van der Waals surface area contributed by atoms with Crippen LogP contribution in [0.2, 0.25) is 0 Å². The highest BCUT2D eigenvalue weighted by molar-refractivity contribution is 5.85. The number of alkyl halides is 2. The molecule has 1 aromatic rings. The molecular formula is C12H17ClF2N2O2. The molecule has 1 aromatic carbocycles. The van der Waals surface area contributed by atoms with Crippen LogP contribution in [0.1, 0.15) is 24.9 Å². The third-order valence-corrected chi connectivity index (χ3v) is 2.44. The van der Waals surface area contributed by atoms with Gasteiger partial charge < -0.3 is 15.8 Å². The Balaban J connectivity index is 0.00000324. The van der Waals surface area contributed by atoms with Gasteiger partial charge in [0.2, 0.25) is 5.91 Å². The van der Waals surface area contributed by atoms with Gasteiger partial charge in [0, 0.05) is 5.56 Å². The Hall–Kier alpha value is -1.40. The monoisotopic (exact) mass is 294 g/mol. The standard InChI is InChI=1S/C12H16F2N2O2.ClH/c1-2-9(16-11(17)7-15)8-5-3-4-6-10(8)18-12(13)14;/h3-6,9,12H,2,7,15H2,1H3,(H,16,17);1H. The molecule has 1 amide bonds. The van der Waals surface area contributed by atoms with Crippen LogP contribution < -0.4 is 15.8 Å². The van der Waals surface area contributed by atoms with Gasteiger partial charge in [-0.2, -0.15) is 8.78 Å². The van der Waals surface area contributed by atoms with E-state index in [0.717, 1.165) is 0 Å². The summed E-state index contributed by atoms with van der Waals surface area (Å²) in [6.07, 6.45) is 0.551. The van der Waals surface area contributed by atoms with E-state index in [4.69, 9.17) is 5.73 Å². The lowest BCUT2D eigenvalue weighted by Crippen LogP contribution is -2.33. The lowest BCUT2D eigenvalue weighted by molar-refractivity contribution is -0.120. The van der Waals surface area contributed by atoms with Crippen molar-refractivity contribution in [2.45, 2.75) is 26.0 Å². The van der Waals surface area contributed by atoms with E-state index in [1.807, 2.05) is 6.92 Å². The first-order valence-corrected chi connectivity index (χ1v) is 5.61. The van der Waals surface area contributed by atoms with Crippen LogP contribution in [0.3, 0.4) is 0 Å². The molecule has 0 aromatic heterocycles. The molecule has 0 heterocycles. The van der Waals surface area contributed by atoms with Gasteiger partial charge in [-0.3, -0.25) is 4.79 Å². The Morgan fingerprint density at radius 2 is 2.05 bits per heavy atom. The number of amides is 1. The summed E-state index contributed by atoms with van der Waals surface area (Å²) in [5, 5.41) is 2.66. The molecule has 3 N–H and O–H groups in total. The van der Waals surface area contributed by atoms with Crippen molar-refractivity contribution in [1.82, 2.24) is 5.32 Å². The largest absolute Gasteiger partial charge is 0.434 e. The lowest BCUT2D eigenvalue weighted by Gasteiger charge is -2.20. The molecular weight excluding hydrogens is 278 g/mol. The van der Waals surface area contributed by atoms with Crippen LogP contribution in [0.5, 0.6) is 5.75 Å². The van der Waals surface area contributed by atoms with E-state index in [1.165, 1.54) is 6.07 Å². The number of hydrogen-bond acceptors (Lipinski definition) is 3.